The van der Waals surface area contributed by atoms with Crippen molar-refractivity contribution in [2.45, 2.75) is 32.4 Å². The molecule has 1 saturated heterocycles. The van der Waals surface area contributed by atoms with Crippen molar-refractivity contribution in [1.29, 1.82) is 0 Å². The molecule has 0 aliphatic carbocycles. The molecule has 0 bridgehead atoms. The van der Waals surface area contributed by atoms with Gasteiger partial charge >= 0.3 is 0 Å². The van der Waals surface area contributed by atoms with Gasteiger partial charge in [-0.1, -0.05) is 24.3 Å². The molecule has 1 atom stereocenters. The van der Waals surface area contributed by atoms with Gasteiger partial charge in [-0.15, -0.1) is 24.0 Å². The highest BCUT2D eigenvalue weighted by Crippen LogP contribution is 2.18. The summed E-state index contributed by atoms with van der Waals surface area (Å²) >= 11 is 0. The second-order valence-electron chi connectivity index (χ2n) is 8.27. The quantitative estimate of drug-likeness (QED) is 0.267. The maximum atomic E-state index is 12.7. The van der Waals surface area contributed by atoms with Gasteiger partial charge in [0, 0.05) is 45.8 Å². The van der Waals surface area contributed by atoms with Crippen LogP contribution in [0.4, 0.5) is 0 Å². The van der Waals surface area contributed by atoms with Crippen LogP contribution in [-0.4, -0.2) is 91.4 Å². The summed E-state index contributed by atoms with van der Waals surface area (Å²) in [6, 6.07) is 8.27. The lowest BCUT2D eigenvalue weighted by Crippen LogP contribution is -2.53. The molecule has 3 N–H and O–H groups in total. The van der Waals surface area contributed by atoms with Crippen LogP contribution in [0.15, 0.2) is 29.3 Å². The van der Waals surface area contributed by atoms with Gasteiger partial charge in [-0.3, -0.25) is 9.69 Å². The average Bonchev–Trinajstić information content (AvgIpc) is 2.75. The van der Waals surface area contributed by atoms with E-state index in [0.717, 1.165) is 26.1 Å². The zero-order valence-corrected chi connectivity index (χ0v) is 20.9. The zero-order chi connectivity index (χ0) is 21.4. The zero-order valence-electron chi connectivity index (χ0n) is 18.6. The minimum atomic E-state index is -0.909. The number of benzene rings is 1. The summed E-state index contributed by atoms with van der Waals surface area (Å²) in [7, 11) is 0. The van der Waals surface area contributed by atoms with E-state index in [4.69, 9.17) is 4.74 Å². The number of amides is 1. The third-order valence-corrected chi connectivity index (χ3v) is 5.50. The molecule has 1 aromatic carbocycles. The van der Waals surface area contributed by atoms with Crippen LogP contribution in [0.3, 0.4) is 0 Å². The van der Waals surface area contributed by atoms with E-state index in [-0.39, 0.29) is 36.4 Å². The summed E-state index contributed by atoms with van der Waals surface area (Å²) in [5.41, 5.74) is 1.63. The van der Waals surface area contributed by atoms with E-state index in [0.29, 0.717) is 45.4 Å². The number of fused-ring (bicyclic) bond motifs is 1. The van der Waals surface area contributed by atoms with Crippen LogP contribution >= 0.6 is 24.0 Å². The number of guanidine groups is 1. The van der Waals surface area contributed by atoms with Crippen LogP contribution in [0, 0.1) is 0 Å². The first-order chi connectivity index (χ1) is 14.5. The van der Waals surface area contributed by atoms with Crippen LogP contribution in [-0.2, 0) is 22.5 Å². The Morgan fingerprint density at radius 2 is 1.90 bits per heavy atom. The number of aliphatic hydroxyl groups is 1. The highest BCUT2D eigenvalue weighted by atomic mass is 127. The van der Waals surface area contributed by atoms with Crippen molar-refractivity contribution in [3.05, 3.63) is 35.4 Å². The van der Waals surface area contributed by atoms with Crippen molar-refractivity contribution in [3.8, 4) is 0 Å². The average molecular weight is 545 g/mol. The van der Waals surface area contributed by atoms with E-state index in [1.54, 1.807) is 0 Å². The van der Waals surface area contributed by atoms with Crippen molar-refractivity contribution < 1.29 is 14.6 Å². The van der Waals surface area contributed by atoms with Crippen molar-refractivity contribution in [1.82, 2.24) is 20.4 Å². The highest BCUT2D eigenvalue weighted by Gasteiger charge is 2.26. The standard InChI is InChI=1S/C22H35N5O3.HI/c1-3-23-21(25-16-22(2,29)17-26-10-12-30-13-11-26)24-14-20(28)27-9-8-18-6-4-5-7-19(18)15-27;/h4-7,29H,3,8-17H2,1-2H3,(H2,23,24,25);1H. The molecule has 1 amide bonds. The first kappa shape index (κ1) is 25.8. The normalized spacial score (nSPS) is 19.1. The number of carbonyl (C=O) groups excluding carboxylic acids is 1. The Morgan fingerprint density at radius 3 is 2.61 bits per heavy atom. The topological polar surface area (TPSA) is 89.4 Å². The molecule has 0 saturated carbocycles. The molecule has 0 spiro atoms. The van der Waals surface area contributed by atoms with Gasteiger partial charge in [0.1, 0.15) is 6.54 Å². The van der Waals surface area contributed by atoms with Gasteiger partial charge in [0.15, 0.2) is 5.96 Å². The first-order valence-corrected chi connectivity index (χ1v) is 10.9. The Morgan fingerprint density at radius 1 is 1.19 bits per heavy atom. The Balaban J connectivity index is 0.00000341. The van der Waals surface area contributed by atoms with Crippen molar-refractivity contribution in [3.63, 3.8) is 0 Å². The smallest absolute Gasteiger partial charge is 0.244 e. The fourth-order valence-corrected chi connectivity index (χ4v) is 3.87. The lowest BCUT2D eigenvalue weighted by molar-refractivity contribution is -0.130. The molecule has 8 nitrogen and oxygen atoms in total. The van der Waals surface area contributed by atoms with Crippen molar-refractivity contribution in [2.24, 2.45) is 4.99 Å². The lowest BCUT2D eigenvalue weighted by Gasteiger charge is -2.34. The van der Waals surface area contributed by atoms with Crippen LogP contribution in [0.5, 0.6) is 0 Å². The van der Waals surface area contributed by atoms with Gasteiger partial charge in [-0.2, -0.15) is 0 Å². The SMILES string of the molecule is CCNC(=NCC(=O)N1CCc2ccccc2C1)NCC(C)(O)CN1CCOCC1.I. The second kappa shape index (κ2) is 12.6. The lowest BCUT2D eigenvalue weighted by atomic mass is 10.00. The Bertz CT molecular complexity index is 738. The molecular formula is C22H36IN5O3. The molecule has 174 valence electrons. The van der Waals surface area contributed by atoms with Gasteiger partial charge in [-0.05, 0) is 31.4 Å². The molecule has 0 aromatic heterocycles. The Hall–Kier alpha value is -1.43. The Kier molecular flexibility index (Phi) is 10.5. The molecule has 1 fully saturated rings. The number of nitrogens with zero attached hydrogens (tertiary/aromatic N) is 3. The van der Waals surface area contributed by atoms with Gasteiger partial charge in [0.2, 0.25) is 5.91 Å². The van der Waals surface area contributed by atoms with E-state index < -0.39 is 5.60 Å². The largest absolute Gasteiger partial charge is 0.387 e. The summed E-state index contributed by atoms with van der Waals surface area (Å²) in [6.45, 7) is 9.92. The molecule has 9 heteroatoms. The van der Waals surface area contributed by atoms with E-state index in [2.05, 4.69) is 32.7 Å². The van der Waals surface area contributed by atoms with Crippen LogP contribution < -0.4 is 10.6 Å². The number of hydrogen-bond donors (Lipinski definition) is 3. The second-order valence-corrected chi connectivity index (χ2v) is 8.27. The molecule has 1 unspecified atom stereocenters. The van der Waals surface area contributed by atoms with Crippen LogP contribution in [0.25, 0.3) is 0 Å². The third-order valence-electron chi connectivity index (χ3n) is 5.50. The molecule has 0 radical (unpaired) electrons. The predicted octanol–water partition coefficient (Wildman–Crippen LogP) is 0.828. The maximum absolute atomic E-state index is 12.7. The third kappa shape index (κ3) is 8.21. The number of rotatable bonds is 7. The van der Waals surface area contributed by atoms with E-state index in [1.165, 1.54) is 11.1 Å². The first-order valence-electron chi connectivity index (χ1n) is 10.9. The number of β-amino-alcohol motifs (C(OH)–C–C–N with tert-alkyl or cyclic N) is 1. The van der Waals surface area contributed by atoms with Gasteiger partial charge in [0.05, 0.1) is 18.8 Å². The van der Waals surface area contributed by atoms with Crippen LogP contribution in [0.2, 0.25) is 0 Å². The van der Waals surface area contributed by atoms with E-state index in [9.17, 15) is 9.90 Å². The van der Waals surface area contributed by atoms with Crippen LogP contribution in [0.1, 0.15) is 25.0 Å². The minimum absolute atomic E-state index is 0. The number of aliphatic imine (C=N–C) groups is 1. The summed E-state index contributed by atoms with van der Waals surface area (Å²) in [5, 5.41) is 17.1. The van der Waals surface area contributed by atoms with Crippen molar-refractivity contribution >= 4 is 35.8 Å². The number of ether oxygens (including phenoxy) is 1. The molecule has 2 aliphatic rings. The molecular weight excluding hydrogens is 509 g/mol. The fourth-order valence-electron chi connectivity index (χ4n) is 3.87. The van der Waals surface area contributed by atoms with Crippen molar-refractivity contribution in [2.75, 3.05) is 59.0 Å². The molecule has 2 heterocycles. The number of halogens is 1. The fraction of sp³-hybridized carbons (Fsp3) is 0.636. The summed E-state index contributed by atoms with van der Waals surface area (Å²) in [4.78, 5) is 21.2. The minimum Gasteiger partial charge on any atom is -0.387 e. The summed E-state index contributed by atoms with van der Waals surface area (Å²) < 4.78 is 5.36. The molecule has 1 aromatic rings. The maximum Gasteiger partial charge on any atom is 0.244 e. The highest BCUT2D eigenvalue weighted by molar-refractivity contribution is 14.0. The molecule has 3 rings (SSSR count). The summed E-state index contributed by atoms with van der Waals surface area (Å²) in [6.07, 6.45) is 0.883. The van der Waals surface area contributed by atoms with Gasteiger partial charge in [-0.25, -0.2) is 4.99 Å². The van der Waals surface area contributed by atoms with E-state index in [1.807, 2.05) is 30.9 Å². The predicted molar refractivity (Wildman–Crippen MR) is 133 cm³/mol. The number of carbonyl (C=O) groups is 1. The molecule has 2 aliphatic heterocycles. The van der Waals surface area contributed by atoms with Gasteiger partial charge in [0.25, 0.3) is 0 Å². The molecule has 31 heavy (non-hydrogen) atoms. The van der Waals surface area contributed by atoms with E-state index >= 15 is 0 Å². The Labute approximate surface area is 202 Å². The van der Waals surface area contributed by atoms with Gasteiger partial charge < -0.3 is 25.4 Å². The number of morpholine rings is 1. The number of hydrogen-bond acceptors (Lipinski definition) is 5. The summed E-state index contributed by atoms with van der Waals surface area (Å²) in [5.74, 6) is 0.562. The monoisotopic (exact) mass is 545 g/mol. The number of nitrogens with one attached hydrogen (secondary N) is 2.